The molecule has 0 heterocycles. The van der Waals surface area contributed by atoms with Crippen LogP contribution in [0.1, 0.15) is 66.9 Å². The van der Waals surface area contributed by atoms with E-state index >= 15 is 0 Å². The number of aryl methyl sites for hydroxylation is 1. The average molecular weight is 698 g/mol. The highest BCUT2D eigenvalue weighted by Crippen LogP contribution is 2.23. The van der Waals surface area contributed by atoms with Gasteiger partial charge in [-0.25, -0.2) is 0 Å². The summed E-state index contributed by atoms with van der Waals surface area (Å²) in [4.78, 5) is 12.6. The molecule has 27 heavy (non-hydrogen) atoms. The maximum Gasteiger partial charge on any atom is 0.187 e. The van der Waals surface area contributed by atoms with Gasteiger partial charge < -0.3 is 0 Å². The second-order valence-electron chi connectivity index (χ2n) is 6.70. The second kappa shape index (κ2) is 12.6. The number of unbranched alkanes of at least 4 members (excludes halogenated alkanes) is 5. The van der Waals surface area contributed by atoms with Gasteiger partial charge in [-0.15, -0.1) is 0 Å². The normalized spacial score (nSPS) is 11.3. The zero-order valence-corrected chi connectivity index (χ0v) is 22.1. The molecule has 4 heteroatoms. The zero-order valence-electron chi connectivity index (χ0n) is 15.6. The van der Waals surface area contributed by atoms with E-state index in [1.54, 1.807) is 6.08 Å². The fraction of sp³-hybridized carbons (Fsp3) is 0.348. The lowest BCUT2D eigenvalue weighted by Crippen LogP contribution is -2.02. The maximum atomic E-state index is 12.6. The van der Waals surface area contributed by atoms with Gasteiger partial charge >= 0.3 is 0 Å². The third-order valence-corrected chi connectivity index (χ3v) is 6.80. The fourth-order valence-electron chi connectivity index (χ4n) is 2.94. The maximum absolute atomic E-state index is 12.6. The molecule has 2 aromatic carbocycles. The molecule has 2 aromatic rings. The number of hydrogen-bond donors (Lipinski definition) is 0. The number of ketones is 1. The molecule has 0 saturated heterocycles. The van der Waals surface area contributed by atoms with Crippen LogP contribution < -0.4 is 0 Å². The number of rotatable bonds is 10. The molecule has 0 atom stereocenters. The van der Waals surface area contributed by atoms with Gasteiger partial charge in [0.05, 0.1) is 0 Å². The molecule has 0 fully saturated rings. The first-order valence-electron chi connectivity index (χ1n) is 9.47. The van der Waals surface area contributed by atoms with Crippen molar-refractivity contribution in [3.05, 3.63) is 69.9 Å². The molecule has 0 aliphatic rings. The summed E-state index contributed by atoms with van der Waals surface area (Å²) in [7, 11) is 0. The minimum absolute atomic E-state index is 0.0661. The van der Waals surface area contributed by atoms with Crippen LogP contribution in [0, 0.1) is 10.7 Å². The highest BCUT2D eigenvalue weighted by Gasteiger charge is 2.12. The molecule has 0 N–H and O–H groups in total. The molecule has 0 aromatic heterocycles. The summed E-state index contributed by atoms with van der Waals surface area (Å²) >= 11 is 6.77. The number of halogens is 3. The second-order valence-corrected chi connectivity index (χ2v) is 10.3. The van der Waals surface area contributed by atoms with Crippen LogP contribution in [-0.2, 0) is 6.42 Å². The van der Waals surface area contributed by atoms with Crippen molar-refractivity contribution >= 4 is 79.6 Å². The van der Waals surface area contributed by atoms with Gasteiger partial charge in [0.2, 0.25) is 0 Å². The molecule has 0 aliphatic carbocycles. The van der Waals surface area contributed by atoms with Gasteiger partial charge in [0, 0.05) is 16.3 Å². The quantitative estimate of drug-likeness (QED) is 0.106. The largest absolute Gasteiger partial charge is 0.289 e. The Hall–Kier alpha value is 0.0400. The third kappa shape index (κ3) is 8.12. The van der Waals surface area contributed by atoms with E-state index in [1.807, 2.05) is 18.2 Å². The minimum Gasteiger partial charge on any atom is -0.289 e. The van der Waals surface area contributed by atoms with Crippen LogP contribution in [0.3, 0.4) is 0 Å². The average Bonchev–Trinajstić information content (AvgIpc) is 2.63. The molecule has 2 rings (SSSR count). The predicted molar refractivity (Wildman–Crippen MR) is 141 cm³/mol. The van der Waals surface area contributed by atoms with Crippen molar-refractivity contribution in [1.82, 2.24) is 0 Å². The van der Waals surface area contributed by atoms with E-state index in [0.29, 0.717) is 0 Å². The summed E-state index contributed by atoms with van der Waals surface area (Å²) in [5.41, 5.74) is 3.26. The van der Waals surface area contributed by atoms with E-state index in [2.05, 4.69) is 99.0 Å². The van der Waals surface area contributed by atoms with Crippen LogP contribution >= 0.6 is 67.8 Å². The van der Waals surface area contributed by atoms with Crippen LogP contribution in [0.2, 0.25) is 0 Å². The van der Waals surface area contributed by atoms with E-state index in [-0.39, 0.29) is 5.78 Å². The Balaban J connectivity index is 1.89. The summed E-state index contributed by atoms with van der Waals surface area (Å²) in [6.07, 6.45) is 12.7. The third-order valence-electron chi connectivity index (χ3n) is 4.48. The SMILES string of the molecule is CCCCCCCCc1ccc(C=CC(=O)c2c(I)cc(I)cc2I)cc1. The Kier molecular flexibility index (Phi) is 10.9. The van der Waals surface area contributed by atoms with Gasteiger partial charge in [-0.05, 0) is 110 Å². The van der Waals surface area contributed by atoms with Gasteiger partial charge in [-0.2, -0.15) is 0 Å². The van der Waals surface area contributed by atoms with Crippen LogP contribution in [0.5, 0.6) is 0 Å². The van der Waals surface area contributed by atoms with Gasteiger partial charge in [-0.1, -0.05) is 69.4 Å². The number of hydrogen-bond acceptors (Lipinski definition) is 1. The lowest BCUT2D eigenvalue weighted by Gasteiger charge is -2.05. The van der Waals surface area contributed by atoms with Crippen molar-refractivity contribution in [2.45, 2.75) is 51.9 Å². The van der Waals surface area contributed by atoms with Crippen LogP contribution in [0.15, 0.2) is 42.5 Å². The molecule has 0 aliphatic heterocycles. The molecule has 0 unspecified atom stereocenters. The molecule has 0 radical (unpaired) electrons. The van der Waals surface area contributed by atoms with Crippen molar-refractivity contribution < 1.29 is 4.79 Å². The summed E-state index contributed by atoms with van der Waals surface area (Å²) in [5, 5.41) is 0. The summed E-state index contributed by atoms with van der Waals surface area (Å²) in [5.74, 6) is 0.0661. The molecule has 0 spiro atoms. The molecular formula is C23H25I3O. The predicted octanol–water partition coefficient (Wildman–Crippen LogP) is 8.30. The van der Waals surface area contributed by atoms with Gasteiger partial charge in [0.15, 0.2) is 5.78 Å². The Morgan fingerprint density at radius 2 is 1.48 bits per heavy atom. The van der Waals surface area contributed by atoms with E-state index in [1.165, 1.54) is 44.1 Å². The Bertz CT molecular complexity index is 756. The van der Waals surface area contributed by atoms with Crippen molar-refractivity contribution in [1.29, 1.82) is 0 Å². The van der Waals surface area contributed by atoms with E-state index in [0.717, 1.165) is 28.3 Å². The highest BCUT2D eigenvalue weighted by atomic mass is 127. The molecule has 0 amide bonds. The first kappa shape index (κ1) is 23.3. The van der Waals surface area contributed by atoms with Gasteiger partial charge in [0.25, 0.3) is 0 Å². The van der Waals surface area contributed by atoms with Gasteiger partial charge in [-0.3, -0.25) is 4.79 Å². The van der Waals surface area contributed by atoms with E-state index < -0.39 is 0 Å². The van der Waals surface area contributed by atoms with Gasteiger partial charge in [0.1, 0.15) is 0 Å². The molecule has 1 nitrogen and oxygen atoms in total. The lowest BCUT2D eigenvalue weighted by molar-refractivity contribution is 0.104. The highest BCUT2D eigenvalue weighted by molar-refractivity contribution is 14.1. The number of carbonyl (C=O) groups excluding carboxylic acids is 1. The molecular weight excluding hydrogens is 673 g/mol. The Labute approximate surface area is 204 Å². The van der Waals surface area contributed by atoms with Crippen LogP contribution in [0.4, 0.5) is 0 Å². The first-order valence-corrected chi connectivity index (χ1v) is 12.7. The molecule has 144 valence electrons. The Morgan fingerprint density at radius 1 is 0.889 bits per heavy atom. The summed E-state index contributed by atoms with van der Waals surface area (Å²) in [6, 6.07) is 12.7. The summed E-state index contributed by atoms with van der Waals surface area (Å²) in [6.45, 7) is 2.26. The van der Waals surface area contributed by atoms with E-state index in [4.69, 9.17) is 0 Å². The number of benzene rings is 2. The van der Waals surface area contributed by atoms with Crippen LogP contribution in [0.25, 0.3) is 6.08 Å². The first-order chi connectivity index (χ1) is 13.0. The van der Waals surface area contributed by atoms with E-state index in [9.17, 15) is 4.79 Å². The monoisotopic (exact) mass is 698 g/mol. The number of carbonyl (C=O) groups is 1. The van der Waals surface area contributed by atoms with Crippen molar-refractivity contribution in [3.8, 4) is 0 Å². The molecule has 0 saturated carbocycles. The van der Waals surface area contributed by atoms with Crippen LogP contribution in [-0.4, -0.2) is 5.78 Å². The molecule has 0 bridgehead atoms. The van der Waals surface area contributed by atoms with Crippen molar-refractivity contribution in [2.24, 2.45) is 0 Å². The Morgan fingerprint density at radius 3 is 2.11 bits per heavy atom. The summed E-state index contributed by atoms with van der Waals surface area (Å²) < 4.78 is 3.17. The standard InChI is InChI=1S/C23H25I3O/c1-2-3-4-5-6-7-8-17-9-11-18(12-10-17)13-14-22(27)23-20(25)15-19(24)16-21(23)26/h9-16H,2-8H2,1H3. The fourth-order valence-corrected chi connectivity index (χ4v) is 7.05. The minimum atomic E-state index is 0.0661. The number of allylic oxidation sites excluding steroid dienone is 1. The van der Waals surface area contributed by atoms with Crippen molar-refractivity contribution in [3.63, 3.8) is 0 Å². The topological polar surface area (TPSA) is 17.1 Å². The zero-order chi connectivity index (χ0) is 19.6. The smallest absolute Gasteiger partial charge is 0.187 e. The van der Waals surface area contributed by atoms with Crippen molar-refractivity contribution in [2.75, 3.05) is 0 Å². The lowest BCUT2D eigenvalue weighted by atomic mass is 10.0.